The van der Waals surface area contributed by atoms with Crippen molar-refractivity contribution in [1.29, 1.82) is 0 Å². The lowest BCUT2D eigenvalue weighted by Crippen LogP contribution is -2.40. The average Bonchev–Trinajstić information content (AvgIpc) is 2.15. The van der Waals surface area contributed by atoms with Gasteiger partial charge in [-0.15, -0.1) is 11.6 Å². The van der Waals surface area contributed by atoms with E-state index in [2.05, 4.69) is 4.74 Å². The maximum atomic E-state index is 11.6. The van der Waals surface area contributed by atoms with Gasteiger partial charge in [0.2, 0.25) is 10.0 Å². The largest absolute Gasteiger partial charge is 0.468 e. The lowest BCUT2D eigenvalue weighted by molar-refractivity contribution is -0.139. The topological polar surface area (TPSA) is 63.7 Å². The standard InChI is InChI=1S/C7H14ClNO4S/c1-6(7(10)13-3)14(11,12)9(2)5-4-8/h6H,4-5H2,1-3H3. The molecule has 0 rings (SSSR count). The Morgan fingerprint density at radius 1 is 1.57 bits per heavy atom. The summed E-state index contributed by atoms with van der Waals surface area (Å²) in [5.41, 5.74) is 0. The highest BCUT2D eigenvalue weighted by atomic mass is 35.5. The van der Waals surface area contributed by atoms with Crippen molar-refractivity contribution in [3.63, 3.8) is 0 Å². The molecule has 0 aliphatic carbocycles. The number of alkyl halides is 1. The fourth-order valence-electron chi connectivity index (χ4n) is 0.804. The number of carbonyl (C=O) groups excluding carboxylic acids is 1. The van der Waals surface area contributed by atoms with Crippen LogP contribution in [0.3, 0.4) is 0 Å². The molecular formula is C7H14ClNO4S. The molecule has 0 amide bonds. The van der Waals surface area contributed by atoms with E-state index < -0.39 is 21.2 Å². The number of hydrogen-bond donors (Lipinski definition) is 0. The lowest BCUT2D eigenvalue weighted by Gasteiger charge is -2.19. The van der Waals surface area contributed by atoms with Gasteiger partial charge in [-0.25, -0.2) is 12.7 Å². The van der Waals surface area contributed by atoms with E-state index in [0.29, 0.717) is 0 Å². The van der Waals surface area contributed by atoms with E-state index in [4.69, 9.17) is 11.6 Å². The maximum Gasteiger partial charge on any atom is 0.325 e. The summed E-state index contributed by atoms with van der Waals surface area (Å²) in [6.45, 7) is 1.46. The zero-order valence-corrected chi connectivity index (χ0v) is 9.93. The number of halogens is 1. The summed E-state index contributed by atoms with van der Waals surface area (Å²) in [4.78, 5) is 11.0. The molecule has 0 radical (unpaired) electrons. The van der Waals surface area contributed by atoms with Gasteiger partial charge in [0.15, 0.2) is 5.25 Å². The van der Waals surface area contributed by atoms with Crippen LogP contribution in [0.15, 0.2) is 0 Å². The van der Waals surface area contributed by atoms with Gasteiger partial charge < -0.3 is 4.74 Å². The number of rotatable bonds is 5. The normalized spacial score (nSPS) is 14.1. The molecule has 0 bridgehead atoms. The van der Waals surface area contributed by atoms with Crippen LogP contribution in [0.25, 0.3) is 0 Å². The van der Waals surface area contributed by atoms with Gasteiger partial charge >= 0.3 is 5.97 Å². The van der Waals surface area contributed by atoms with Crippen LogP contribution in [0.5, 0.6) is 0 Å². The molecule has 0 fully saturated rings. The van der Waals surface area contributed by atoms with Gasteiger partial charge in [-0.3, -0.25) is 4.79 Å². The molecule has 0 aromatic heterocycles. The lowest BCUT2D eigenvalue weighted by atomic mass is 10.5. The molecule has 1 unspecified atom stereocenters. The van der Waals surface area contributed by atoms with E-state index in [-0.39, 0.29) is 12.4 Å². The predicted octanol–water partition coefficient (Wildman–Crippen LogP) is 0.0483. The monoisotopic (exact) mass is 243 g/mol. The van der Waals surface area contributed by atoms with Crippen LogP contribution in [0.1, 0.15) is 6.92 Å². The molecule has 7 heteroatoms. The van der Waals surface area contributed by atoms with Crippen molar-refractivity contribution in [3.05, 3.63) is 0 Å². The van der Waals surface area contributed by atoms with E-state index in [1.54, 1.807) is 0 Å². The summed E-state index contributed by atoms with van der Waals surface area (Å²) in [7, 11) is -1.12. The van der Waals surface area contributed by atoms with Gasteiger partial charge in [0.05, 0.1) is 7.11 Å². The quantitative estimate of drug-likeness (QED) is 0.506. The Labute approximate surface area is 89.0 Å². The van der Waals surface area contributed by atoms with E-state index in [1.807, 2.05) is 0 Å². The highest BCUT2D eigenvalue weighted by Crippen LogP contribution is 2.08. The molecule has 0 N–H and O–H groups in total. The van der Waals surface area contributed by atoms with Crippen LogP contribution in [0.2, 0.25) is 0 Å². The van der Waals surface area contributed by atoms with Crippen LogP contribution in [0.4, 0.5) is 0 Å². The summed E-state index contributed by atoms with van der Waals surface area (Å²) in [5, 5.41) is -1.19. The SMILES string of the molecule is COC(=O)C(C)S(=O)(=O)N(C)CCCl. The Bertz CT molecular complexity index is 290. The van der Waals surface area contributed by atoms with Gasteiger partial charge in [-0.1, -0.05) is 0 Å². The van der Waals surface area contributed by atoms with Gasteiger partial charge in [-0.05, 0) is 6.92 Å². The van der Waals surface area contributed by atoms with Crippen LogP contribution >= 0.6 is 11.6 Å². The molecule has 14 heavy (non-hydrogen) atoms. The van der Waals surface area contributed by atoms with Crippen molar-refractivity contribution in [1.82, 2.24) is 4.31 Å². The Balaban J connectivity index is 4.69. The number of ether oxygens (including phenoxy) is 1. The first-order valence-corrected chi connectivity index (χ1v) is 6.00. The highest BCUT2D eigenvalue weighted by Gasteiger charge is 2.32. The second-order valence-electron chi connectivity index (χ2n) is 2.72. The second kappa shape index (κ2) is 5.53. The third-order valence-corrected chi connectivity index (χ3v) is 4.12. The van der Waals surface area contributed by atoms with Crippen molar-refractivity contribution in [2.75, 3.05) is 26.6 Å². The molecule has 0 saturated carbocycles. The Kier molecular flexibility index (Phi) is 5.40. The van der Waals surface area contributed by atoms with E-state index in [9.17, 15) is 13.2 Å². The zero-order valence-electron chi connectivity index (χ0n) is 8.36. The smallest absolute Gasteiger partial charge is 0.325 e. The van der Waals surface area contributed by atoms with Crippen molar-refractivity contribution < 1.29 is 17.9 Å². The number of carbonyl (C=O) groups is 1. The van der Waals surface area contributed by atoms with Gasteiger partial charge in [0, 0.05) is 19.5 Å². The molecular weight excluding hydrogens is 230 g/mol. The fourth-order valence-corrected chi connectivity index (χ4v) is 2.38. The molecule has 1 atom stereocenters. The molecule has 0 aliphatic heterocycles. The summed E-state index contributed by atoms with van der Waals surface area (Å²) in [6, 6.07) is 0. The van der Waals surface area contributed by atoms with E-state index >= 15 is 0 Å². The van der Waals surface area contributed by atoms with Crippen molar-refractivity contribution in [2.24, 2.45) is 0 Å². The maximum absolute atomic E-state index is 11.6. The number of methoxy groups -OCH3 is 1. The average molecular weight is 244 g/mol. The van der Waals surface area contributed by atoms with Crippen LogP contribution in [-0.2, 0) is 19.6 Å². The third kappa shape index (κ3) is 3.11. The number of nitrogens with zero attached hydrogens (tertiary/aromatic N) is 1. The third-order valence-electron chi connectivity index (χ3n) is 1.81. The van der Waals surface area contributed by atoms with Crippen LogP contribution in [-0.4, -0.2) is 50.5 Å². The predicted molar refractivity (Wildman–Crippen MR) is 53.7 cm³/mol. The van der Waals surface area contributed by atoms with E-state index in [0.717, 1.165) is 11.4 Å². The second-order valence-corrected chi connectivity index (χ2v) is 5.46. The molecule has 0 spiro atoms. The fraction of sp³-hybridized carbons (Fsp3) is 0.857. The first kappa shape index (κ1) is 13.7. The Hall–Kier alpha value is -0.330. The molecule has 84 valence electrons. The molecule has 0 heterocycles. The Morgan fingerprint density at radius 2 is 2.07 bits per heavy atom. The number of hydrogen-bond acceptors (Lipinski definition) is 4. The van der Waals surface area contributed by atoms with Crippen LogP contribution in [0, 0.1) is 0 Å². The minimum absolute atomic E-state index is 0.172. The summed E-state index contributed by atoms with van der Waals surface area (Å²) < 4.78 is 28.6. The molecule has 0 saturated heterocycles. The minimum atomic E-state index is -3.64. The first-order chi connectivity index (χ1) is 6.37. The highest BCUT2D eigenvalue weighted by molar-refractivity contribution is 7.90. The number of sulfonamides is 1. The first-order valence-electron chi connectivity index (χ1n) is 3.96. The summed E-state index contributed by atoms with van der Waals surface area (Å²) in [5.74, 6) is -0.588. The van der Waals surface area contributed by atoms with Crippen molar-refractivity contribution >= 4 is 27.6 Å². The molecule has 0 aliphatic rings. The molecule has 5 nitrogen and oxygen atoms in total. The van der Waals surface area contributed by atoms with Gasteiger partial charge in [0.25, 0.3) is 0 Å². The summed E-state index contributed by atoms with van der Waals surface area (Å²) in [6.07, 6.45) is 0. The Morgan fingerprint density at radius 3 is 2.43 bits per heavy atom. The minimum Gasteiger partial charge on any atom is -0.468 e. The molecule has 0 aromatic carbocycles. The van der Waals surface area contributed by atoms with E-state index in [1.165, 1.54) is 14.0 Å². The van der Waals surface area contributed by atoms with Crippen LogP contribution < -0.4 is 0 Å². The molecule has 0 aromatic rings. The zero-order chi connectivity index (χ0) is 11.4. The summed E-state index contributed by atoms with van der Waals surface area (Å²) >= 11 is 5.40. The van der Waals surface area contributed by atoms with Crippen molar-refractivity contribution in [2.45, 2.75) is 12.2 Å². The number of esters is 1. The van der Waals surface area contributed by atoms with Gasteiger partial charge in [-0.2, -0.15) is 0 Å². The van der Waals surface area contributed by atoms with Crippen molar-refractivity contribution in [3.8, 4) is 0 Å². The van der Waals surface area contributed by atoms with Gasteiger partial charge in [0.1, 0.15) is 0 Å².